The molecule has 1 aliphatic rings. The normalized spacial score (nSPS) is 17.2. The number of hydrogen-bond donors (Lipinski definition) is 2. The van der Waals surface area contributed by atoms with E-state index < -0.39 is 0 Å². The number of nitrogens with zero attached hydrogens (tertiary/aromatic N) is 1. The standard InChI is InChI=1S/C11H15Br2N3/c12-8-5-9(13)10(15-6-8)16-7-11(1-2-11)3-4-14/h5-6H,1-4,7,14H2,(H,15,16). The second-order valence-electron chi connectivity index (χ2n) is 4.38. The van der Waals surface area contributed by atoms with E-state index >= 15 is 0 Å². The highest BCUT2D eigenvalue weighted by Gasteiger charge is 2.41. The number of rotatable bonds is 5. The lowest BCUT2D eigenvalue weighted by Gasteiger charge is -2.15. The number of nitrogens with one attached hydrogen (secondary N) is 1. The van der Waals surface area contributed by atoms with Crippen LogP contribution in [0, 0.1) is 5.41 Å². The first-order chi connectivity index (χ1) is 7.65. The van der Waals surface area contributed by atoms with Gasteiger partial charge in [-0.25, -0.2) is 4.98 Å². The van der Waals surface area contributed by atoms with E-state index in [1.807, 2.05) is 6.07 Å². The molecule has 1 aromatic heterocycles. The first-order valence-corrected chi connectivity index (χ1v) is 6.99. The van der Waals surface area contributed by atoms with Gasteiger partial charge in [-0.2, -0.15) is 0 Å². The molecule has 1 heterocycles. The largest absolute Gasteiger partial charge is 0.369 e. The maximum atomic E-state index is 5.61. The average Bonchev–Trinajstić information content (AvgIpc) is 2.98. The van der Waals surface area contributed by atoms with Crippen molar-refractivity contribution >= 4 is 37.7 Å². The maximum absolute atomic E-state index is 5.61. The van der Waals surface area contributed by atoms with Crippen molar-refractivity contribution in [1.29, 1.82) is 0 Å². The van der Waals surface area contributed by atoms with Gasteiger partial charge in [0, 0.05) is 17.2 Å². The number of hydrogen-bond acceptors (Lipinski definition) is 3. The summed E-state index contributed by atoms with van der Waals surface area (Å²) in [6.45, 7) is 1.74. The van der Waals surface area contributed by atoms with Crippen LogP contribution in [0.2, 0.25) is 0 Å². The monoisotopic (exact) mass is 347 g/mol. The Morgan fingerprint density at radius 2 is 2.19 bits per heavy atom. The molecule has 0 aliphatic heterocycles. The van der Waals surface area contributed by atoms with Crippen molar-refractivity contribution in [2.75, 3.05) is 18.4 Å². The minimum absolute atomic E-state index is 0.433. The summed E-state index contributed by atoms with van der Waals surface area (Å²) in [6, 6.07) is 2.00. The van der Waals surface area contributed by atoms with Crippen LogP contribution in [0.15, 0.2) is 21.2 Å². The summed E-state index contributed by atoms with van der Waals surface area (Å²) in [5.74, 6) is 0.909. The first kappa shape index (κ1) is 12.3. The highest BCUT2D eigenvalue weighted by Crippen LogP contribution is 2.48. The first-order valence-electron chi connectivity index (χ1n) is 5.40. The van der Waals surface area contributed by atoms with E-state index in [0.717, 1.165) is 34.3 Å². The summed E-state index contributed by atoms with van der Waals surface area (Å²) >= 11 is 6.88. The number of pyridine rings is 1. The molecule has 0 radical (unpaired) electrons. The SMILES string of the molecule is NCCC1(CNc2ncc(Br)cc2Br)CC1. The van der Waals surface area contributed by atoms with Gasteiger partial charge in [0.15, 0.2) is 0 Å². The van der Waals surface area contributed by atoms with E-state index in [1.54, 1.807) is 6.20 Å². The van der Waals surface area contributed by atoms with Crippen molar-refractivity contribution < 1.29 is 0 Å². The molecule has 0 spiro atoms. The third-order valence-electron chi connectivity index (χ3n) is 3.07. The molecule has 3 nitrogen and oxygen atoms in total. The van der Waals surface area contributed by atoms with Gasteiger partial charge in [0.05, 0.1) is 4.47 Å². The van der Waals surface area contributed by atoms with Crippen LogP contribution in [0.1, 0.15) is 19.3 Å². The molecule has 0 amide bonds. The predicted molar refractivity (Wildman–Crippen MR) is 73.5 cm³/mol. The predicted octanol–water partition coefficient (Wildman–Crippen LogP) is 3.15. The fraction of sp³-hybridized carbons (Fsp3) is 0.545. The van der Waals surface area contributed by atoms with Crippen LogP contribution in [-0.4, -0.2) is 18.1 Å². The maximum Gasteiger partial charge on any atom is 0.140 e. The van der Waals surface area contributed by atoms with Crippen molar-refractivity contribution in [2.24, 2.45) is 11.1 Å². The van der Waals surface area contributed by atoms with Crippen LogP contribution in [0.5, 0.6) is 0 Å². The van der Waals surface area contributed by atoms with E-state index in [1.165, 1.54) is 12.8 Å². The molecule has 16 heavy (non-hydrogen) atoms. The zero-order valence-corrected chi connectivity index (χ0v) is 12.1. The molecule has 1 fully saturated rings. The Labute approximate surface area is 112 Å². The summed E-state index contributed by atoms with van der Waals surface area (Å²) < 4.78 is 1.97. The van der Waals surface area contributed by atoms with Crippen molar-refractivity contribution in [3.63, 3.8) is 0 Å². The van der Waals surface area contributed by atoms with Crippen LogP contribution in [0.3, 0.4) is 0 Å². The Bertz CT molecular complexity index is 377. The molecule has 1 saturated carbocycles. The van der Waals surface area contributed by atoms with Gasteiger partial charge < -0.3 is 11.1 Å². The fourth-order valence-electron chi connectivity index (χ4n) is 1.81. The summed E-state index contributed by atoms with van der Waals surface area (Å²) in [6.07, 6.45) is 5.47. The molecule has 3 N–H and O–H groups in total. The Balaban J connectivity index is 1.94. The molecule has 0 saturated heterocycles. The summed E-state index contributed by atoms with van der Waals surface area (Å²) in [5, 5.41) is 3.39. The van der Waals surface area contributed by atoms with Crippen molar-refractivity contribution in [2.45, 2.75) is 19.3 Å². The molecular formula is C11H15Br2N3. The van der Waals surface area contributed by atoms with E-state index in [0.29, 0.717) is 5.41 Å². The number of nitrogens with two attached hydrogens (primary N) is 1. The molecule has 1 aliphatic carbocycles. The molecule has 88 valence electrons. The van der Waals surface area contributed by atoms with Gasteiger partial charge in [-0.15, -0.1) is 0 Å². The van der Waals surface area contributed by atoms with Gasteiger partial charge in [-0.05, 0) is 69.1 Å². The summed E-state index contributed by atoms with van der Waals surface area (Å²) in [4.78, 5) is 4.33. The lowest BCUT2D eigenvalue weighted by atomic mass is 10.0. The van der Waals surface area contributed by atoms with E-state index in [9.17, 15) is 0 Å². The van der Waals surface area contributed by atoms with Gasteiger partial charge in [-0.1, -0.05) is 0 Å². The second-order valence-corrected chi connectivity index (χ2v) is 6.15. The number of halogens is 2. The summed E-state index contributed by atoms with van der Waals surface area (Å²) in [5.41, 5.74) is 6.05. The quantitative estimate of drug-likeness (QED) is 0.859. The molecule has 5 heteroatoms. The number of anilines is 1. The molecule has 0 aromatic carbocycles. The molecule has 1 aromatic rings. The average molecular weight is 349 g/mol. The van der Waals surface area contributed by atoms with Crippen LogP contribution >= 0.6 is 31.9 Å². The third-order valence-corrected chi connectivity index (χ3v) is 4.11. The molecule has 2 rings (SSSR count). The van der Waals surface area contributed by atoms with Gasteiger partial charge in [-0.3, -0.25) is 0 Å². The molecule has 0 bridgehead atoms. The Hall–Kier alpha value is -0.130. The van der Waals surface area contributed by atoms with Gasteiger partial charge in [0.25, 0.3) is 0 Å². The Morgan fingerprint density at radius 1 is 1.44 bits per heavy atom. The lowest BCUT2D eigenvalue weighted by Crippen LogP contribution is -2.19. The molecule has 0 atom stereocenters. The zero-order valence-electron chi connectivity index (χ0n) is 8.97. The highest BCUT2D eigenvalue weighted by molar-refractivity contribution is 9.11. The minimum Gasteiger partial charge on any atom is -0.369 e. The Kier molecular flexibility index (Phi) is 3.87. The highest BCUT2D eigenvalue weighted by atomic mass is 79.9. The van der Waals surface area contributed by atoms with Crippen LogP contribution < -0.4 is 11.1 Å². The van der Waals surface area contributed by atoms with Crippen molar-refractivity contribution in [3.05, 3.63) is 21.2 Å². The summed E-state index contributed by atoms with van der Waals surface area (Å²) in [7, 11) is 0. The van der Waals surface area contributed by atoms with Gasteiger partial charge in [0.1, 0.15) is 5.82 Å². The van der Waals surface area contributed by atoms with Crippen LogP contribution in [-0.2, 0) is 0 Å². The van der Waals surface area contributed by atoms with Crippen molar-refractivity contribution in [1.82, 2.24) is 4.98 Å². The van der Waals surface area contributed by atoms with Crippen molar-refractivity contribution in [3.8, 4) is 0 Å². The molecule has 0 unspecified atom stereocenters. The van der Waals surface area contributed by atoms with Gasteiger partial charge in [0.2, 0.25) is 0 Å². The van der Waals surface area contributed by atoms with Crippen LogP contribution in [0.25, 0.3) is 0 Å². The Morgan fingerprint density at radius 3 is 2.75 bits per heavy atom. The van der Waals surface area contributed by atoms with E-state index in [2.05, 4.69) is 42.2 Å². The topological polar surface area (TPSA) is 50.9 Å². The van der Waals surface area contributed by atoms with Gasteiger partial charge >= 0.3 is 0 Å². The van der Waals surface area contributed by atoms with Crippen LogP contribution in [0.4, 0.5) is 5.82 Å². The second kappa shape index (κ2) is 5.02. The molecular weight excluding hydrogens is 334 g/mol. The zero-order chi connectivity index (χ0) is 11.6. The van der Waals surface area contributed by atoms with E-state index in [-0.39, 0.29) is 0 Å². The number of aromatic nitrogens is 1. The van der Waals surface area contributed by atoms with E-state index in [4.69, 9.17) is 5.73 Å². The minimum atomic E-state index is 0.433. The smallest absolute Gasteiger partial charge is 0.140 e. The third kappa shape index (κ3) is 2.96. The lowest BCUT2D eigenvalue weighted by molar-refractivity contribution is 0.500. The fourth-order valence-corrected chi connectivity index (χ4v) is 2.94.